The van der Waals surface area contributed by atoms with Crippen molar-refractivity contribution in [2.24, 2.45) is 5.92 Å². The minimum absolute atomic E-state index is 0.233. The number of hydrogen-bond donors (Lipinski definition) is 1. The van der Waals surface area contributed by atoms with E-state index >= 15 is 0 Å². The molecular weight excluding hydrogens is 507 g/mol. The molecule has 1 amide bonds. The Kier molecular flexibility index (Phi) is 7.31. The highest BCUT2D eigenvalue weighted by Crippen LogP contribution is 2.27. The Morgan fingerprint density at radius 2 is 1.73 bits per heavy atom. The van der Waals surface area contributed by atoms with Crippen LogP contribution in [0.1, 0.15) is 18.4 Å². The van der Waals surface area contributed by atoms with Crippen LogP contribution in [0.4, 0.5) is 5.82 Å². The molecule has 1 saturated heterocycles. The van der Waals surface area contributed by atoms with Gasteiger partial charge in [0.25, 0.3) is 0 Å². The number of carbonyl (C=O) groups is 1. The van der Waals surface area contributed by atoms with Gasteiger partial charge < -0.3 is 5.32 Å². The molecule has 1 aliphatic rings. The summed E-state index contributed by atoms with van der Waals surface area (Å²) in [5.74, 6) is -0.311. The highest BCUT2D eigenvalue weighted by Gasteiger charge is 2.32. The second-order valence-electron chi connectivity index (χ2n) is 7.74. The van der Waals surface area contributed by atoms with Gasteiger partial charge in [0, 0.05) is 35.2 Å². The lowest BCUT2D eigenvalue weighted by atomic mass is 9.97. The molecule has 33 heavy (non-hydrogen) atoms. The van der Waals surface area contributed by atoms with Gasteiger partial charge in [0.15, 0.2) is 5.82 Å². The predicted molar refractivity (Wildman–Crippen MR) is 129 cm³/mol. The Balaban J connectivity index is 1.37. The van der Waals surface area contributed by atoms with Gasteiger partial charge >= 0.3 is 0 Å². The highest BCUT2D eigenvalue weighted by molar-refractivity contribution is 7.89. The molecule has 11 heteroatoms. The minimum atomic E-state index is -3.56. The zero-order valence-corrected chi connectivity index (χ0v) is 20.5. The molecule has 0 radical (unpaired) electrons. The van der Waals surface area contributed by atoms with Gasteiger partial charge in [0.1, 0.15) is 5.02 Å². The highest BCUT2D eigenvalue weighted by atomic mass is 35.5. The van der Waals surface area contributed by atoms with Crippen molar-refractivity contribution >= 4 is 56.6 Å². The maximum atomic E-state index is 12.8. The van der Waals surface area contributed by atoms with E-state index in [0.29, 0.717) is 34.5 Å². The smallest absolute Gasteiger partial charge is 0.243 e. The molecule has 2 heterocycles. The van der Waals surface area contributed by atoms with E-state index in [1.807, 2.05) is 0 Å². The van der Waals surface area contributed by atoms with Gasteiger partial charge in [0.2, 0.25) is 15.9 Å². The first-order valence-electron chi connectivity index (χ1n) is 10.3. The number of nitrogens with one attached hydrogen (secondary N) is 1. The van der Waals surface area contributed by atoms with E-state index in [9.17, 15) is 13.2 Å². The van der Waals surface area contributed by atoms with Crippen LogP contribution in [0.15, 0.2) is 59.6 Å². The van der Waals surface area contributed by atoms with E-state index in [4.69, 9.17) is 34.8 Å². The number of amides is 1. The molecule has 1 fully saturated rings. The zero-order valence-electron chi connectivity index (χ0n) is 17.4. The molecule has 0 aliphatic carbocycles. The van der Waals surface area contributed by atoms with Crippen LogP contribution in [0.25, 0.3) is 0 Å². The fourth-order valence-corrected chi connectivity index (χ4v) is 5.86. The summed E-state index contributed by atoms with van der Waals surface area (Å²) in [5, 5.41) is 8.48. The summed E-state index contributed by atoms with van der Waals surface area (Å²) < 4.78 is 28.6. The monoisotopic (exact) mass is 526 g/mol. The minimum Gasteiger partial charge on any atom is -0.308 e. The summed E-state index contributed by atoms with van der Waals surface area (Å²) in [6.45, 7) is 0.903. The molecule has 3 aromatic rings. The Morgan fingerprint density at radius 1 is 1.03 bits per heavy atom. The van der Waals surface area contributed by atoms with E-state index in [-0.39, 0.29) is 35.6 Å². The Labute approximate surface area is 207 Å². The van der Waals surface area contributed by atoms with Crippen LogP contribution in [0.2, 0.25) is 15.1 Å². The molecule has 0 unspecified atom stereocenters. The van der Waals surface area contributed by atoms with Crippen LogP contribution in [0.3, 0.4) is 0 Å². The van der Waals surface area contributed by atoms with Crippen LogP contribution in [0, 0.1) is 5.92 Å². The summed E-state index contributed by atoms with van der Waals surface area (Å²) in [7, 11) is -3.56. The molecular formula is C22H21Cl3N4O3S. The molecule has 4 rings (SSSR count). The number of rotatable bonds is 6. The number of anilines is 1. The average Bonchev–Trinajstić information content (AvgIpc) is 3.15. The Bertz CT molecular complexity index is 1260. The van der Waals surface area contributed by atoms with Gasteiger partial charge in [-0.3, -0.25) is 9.48 Å². The van der Waals surface area contributed by atoms with Crippen molar-refractivity contribution in [3.8, 4) is 0 Å². The number of piperidine rings is 1. The molecule has 0 bridgehead atoms. The number of carbonyl (C=O) groups excluding carboxylic acids is 1. The predicted octanol–water partition coefficient (Wildman–Crippen LogP) is 4.93. The van der Waals surface area contributed by atoms with Crippen molar-refractivity contribution in [3.05, 3.63) is 75.4 Å². The Morgan fingerprint density at radius 3 is 2.39 bits per heavy atom. The number of aromatic nitrogens is 2. The van der Waals surface area contributed by atoms with E-state index < -0.39 is 10.0 Å². The first-order valence-corrected chi connectivity index (χ1v) is 12.8. The van der Waals surface area contributed by atoms with Crippen molar-refractivity contribution in [3.63, 3.8) is 0 Å². The topological polar surface area (TPSA) is 84.3 Å². The quantitative estimate of drug-likeness (QED) is 0.493. The van der Waals surface area contributed by atoms with Gasteiger partial charge in [0.05, 0.1) is 11.4 Å². The number of hydrogen-bond acceptors (Lipinski definition) is 4. The summed E-state index contributed by atoms with van der Waals surface area (Å²) in [5.41, 5.74) is 0.810. The number of benzene rings is 2. The number of nitrogens with zero attached hydrogens (tertiary/aromatic N) is 3. The van der Waals surface area contributed by atoms with Crippen molar-refractivity contribution in [1.82, 2.24) is 14.1 Å². The molecule has 1 aromatic heterocycles. The SMILES string of the molecule is O=C(Nc1nn(Cc2ccc(Cl)cc2Cl)cc1Cl)C1CCN(S(=O)(=O)c2ccccc2)CC1. The molecule has 1 aliphatic heterocycles. The largest absolute Gasteiger partial charge is 0.308 e. The normalized spacial score (nSPS) is 15.5. The van der Waals surface area contributed by atoms with Gasteiger partial charge in [-0.25, -0.2) is 8.42 Å². The summed E-state index contributed by atoms with van der Waals surface area (Å²) in [6.07, 6.45) is 2.43. The molecule has 174 valence electrons. The second-order valence-corrected chi connectivity index (χ2v) is 10.9. The fraction of sp³-hybridized carbons (Fsp3) is 0.273. The fourth-order valence-electron chi connectivity index (χ4n) is 3.71. The van der Waals surface area contributed by atoms with E-state index in [1.54, 1.807) is 59.4 Å². The zero-order chi connectivity index (χ0) is 23.6. The van der Waals surface area contributed by atoms with Gasteiger partial charge in [-0.05, 0) is 42.7 Å². The number of halogens is 3. The van der Waals surface area contributed by atoms with Crippen molar-refractivity contribution in [1.29, 1.82) is 0 Å². The molecule has 7 nitrogen and oxygen atoms in total. The lowest BCUT2D eigenvalue weighted by Gasteiger charge is -2.30. The molecule has 1 N–H and O–H groups in total. The van der Waals surface area contributed by atoms with Crippen molar-refractivity contribution in [2.45, 2.75) is 24.3 Å². The van der Waals surface area contributed by atoms with Crippen LogP contribution in [-0.4, -0.2) is 41.5 Å². The summed E-state index contributed by atoms with van der Waals surface area (Å²) in [4.78, 5) is 13.0. The van der Waals surface area contributed by atoms with Crippen LogP contribution >= 0.6 is 34.8 Å². The molecule has 0 atom stereocenters. The Hall–Kier alpha value is -2.10. The standard InChI is InChI=1S/C22H21Cl3N4O3S/c23-17-7-6-16(19(24)12-17)13-28-14-20(25)21(27-28)26-22(30)15-8-10-29(11-9-15)33(31,32)18-4-2-1-3-5-18/h1-7,12,14-15H,8-11,13H2,(H,26,27,30). The van der Waals surface area contributed by atoms with Gasteiger partial charge in [-0.1, -0.05) is 59.1 Å². The van der Waals surface area contributed by atoms with Crippen LogP contribution in [-0.2, 0) is 21.4 Å². The maximum Gasteiger partial charge on any atom is 0.243 e. The molecule has 2 aromatic carbocycles. The third kappa shape index (κ3) is 5.53. The summed E-state index contributed by atoms with van der Waals surface area (Å²) >= 11 is 18.4. The second kappa shape index (κ2) is 10.0. The van der Waals surface area contributed by atoms with Crippen LogP contribution in [0.5, 0.6) is 0 Å². The molecule has 0 saturated carbocycles. The van der Waals surface area contributed by atoms with E-state index in [0.717, 1.165) is 5.56 Å². The maximum absolute atomic E-state index is 12.8. The van der Waals surface area contributed by atoms with Crippen molar-refractivity contribution < 1.29 is 13.2 Å². The number of sulfonamides is 1. The lowest BCUT2D eigenvalue weighted by molar-refractivity contribution is -0.120. The van der Waals surface area contributed by atoms with E-state index in [2.05, 4.69) is 10.4 Å². The third-order valence-electron chi connectivity index (χ3n) is 5.51. The van der Waals surface area contributed by atoms with Gasteiger partial charge in [-0.15, -0.1) is 0 Å². The van der Waals surface area contributed by atoms with Gasteiger partial charge in [-0.2, -0.15) is 9.40 Å². The van der Waals surface area contributed by atoms with Crippen molar-refractivity contribution in [2.75, 3.05) is 18.4 Å². The molecule has 0 spiro atoms. The first-order chi connectivity index (χ1) is 15.7. The lowest BCUT2D eigenvalue weighted by Crippen LogP contribution is -2.41. The third-order valence-corrected chi connectivity index (χ3v) is 8.29. The summed E-state index contributed by atoms with van der Waals surface area (Å²) in [6, 6.07) is 13.5. The first kappa shape index (κ1) is 24.0. The van der Waals surface area contributed by atoms with Crippen LogP contribution < -0.4 is 5.32 Å². The average molecular weight is 528 g/mol. The van der Waals surface area contributed by atoms with E-state index in [1.165, 1.54) is 4.31 Å².